The van der Waals surface area contributed by atoms with E-state index in [1.54, 1.807) is 4.90 Å². The number of amidine groups is 1. The van der Waals surface area contributed by atoms with E-state index in [2.05, 4.69) is 4.99 Å². The summed E-state index contributed by atoms with van der Waals surface area (Å²) in [4.78, 5) is 28.7. The van der Waals surface area contributed by atoms with Gasteiger partial charge in [0, 0.05) is 30.8 Å². The van der Waals surface area contributed by atoms with Crippen molar-refractivity contribution in [3.8, 4) is 0 Å². The van der Waals surface area contributed by atoms with Crippen molar-refractivity contribution in [3.05, 3.63) is 33.9 Å². The van der Waals surface area contributed by atoms with E-state index < -0.39 is 4.92 Å². The predicted molar refractivity (Wildman–Crippen MR) is 84.9 cm³/mol. The molecular weight excluding hydrogens is 308 g/mol. The lowest BCUT2D eigenvalue weighted by atomic mass is 10.1. The zero-order valence-electron chi connectivity index (χ0n) is 12.0. The van der Waals surface area contributed by atoms with Crippen molar-refractivity contribution in [3.63, 3.8) is 0 Å². The summed E-state index contributed by atoms with van der Waals surface area (Å²) in [6, 6.07) is 4.04. The second-order valence-electron chi connectivity index (χ2n) is 5.08. The average molecular weight is 325 g/mol. The normalized spacial score (nSPS) is 15.7. The van der Waals surface area contributed by atoms with E-state index in [4.69, 9.17) is 17.3 Å². The highest BCUT2D eigenvalue weighted by Crippen LogP contribution is 2.25. The topological polar surface area (TPSA) is 102 Å². The number of nitrogens with two attached hydrogens (primary N) is 1. The summed E-state index contributed by atoms with van der Waals surface area (Å²) < 4.78 is 0. The van der Waals surface area contributed by atoms with Gasteiger partial charge in [0.2, 0.25) is 0 Å². The number of halogens is 1. The van der Waals surface area contributed by atoms with Gasteiger partial charge < -0.3 is 10.6 Å². The molecule has 0 unspecified atom stereocenters. The third-order valence-corrected chi connectivity index (χ3v) is 3.69. The van der Waals surface area contributed by atoms with Crippen molar-refractivity contribution in [2.75, 3.05) is 19.0 Å². The third-order valence-electron chi connectivity index (χ3n) is 3.41. The number of rotatable bonds is 4. The Morgan fingerprint density at radius 3 is 2.59 bits per heavy atom. The van der Waals surface area contributed by atoms with Crippen molar-refractivity contribution in [2.24, 2.45) is 10.7 Å². The number of carbonyl (C=O) groups excluding carboxylic acids is 1. The second kappa shape index (κ2) is 7.22. The van der Waals surface area contributed by atoms with Gasteiger partial charge in [-0.2, -0.15) is 0 Å². The van der Waals surface area contributed by atoms with E-state index in [0.29, 0.717) is 13.1 Å². The first-order chi connectivity index (χ1) is 10.5. The average Bonchev–Trinajstić information content (AvgIpc) is 2.54. The number of aliphatic imine (C=N–C) groups is 1. The number of nitro benzene ring substituents is 1. The van der Waals surface area contributed by atoms with E-state index in [9.17, 15) is 14.9 Å². The van der Waals surface area contributed by atoms with E-state index >= 15 is 0 Å². The maximum absolute atomic E-state index is 12.5. The van der Waals surface area contributed by atoms with Crippen molar-refractivity contribution < 1.29 is 9.72 Å². The summed E-state index contributed by atoms with van der Waals surface area (Å²) in [5, 5.41) is 11.0. The molecule has 0 atom stereocenters. The monoisotopic (exact) mass is 324 g/mol. The van der Waals surface area contributed by atoms with Crippen LogP contribution in [0, 0.1) is 10.1 Å². The van der Waals surface area contributed by atoms with Gasteiger partial charge in [0.25, 0.3) is 11.6 Å². The number of amides is 1. The molecule has 0 aliphatic carbocycles. The van der Waals surface area contributed by atoms with Crippen molar-refractivity contribution >= 4 is 34.7 Å². The van der Waals surface area contributed by atoms with Crippen LogP contribution in [0.2, 0.25) is 0 Å². The van der Waals surface area contributed by atoms with Crippen LogP contribution in [-0.4, -0.2) is 40.5 Å². The van der Waals surface area contributed by atoms with Crippen LogP contribution in [0.5, 0.6) is 0 Å². The lowest BCUT2D eigenvalue weighted by Crippen LogP contribution is -2.35. The highest BCUT2D eigenvalue weighted by Gasteiger charge is 2.21. The van der Waals surface area contributed by atoms with E-state index in [-0.39, 0.29) is 34.6 Å². The molecule has 22 heavy (non-hydrogen) atoms. The summed E-state index contributed by atoms with van der Waals surface area (Å²) in [6.07, 6.45) is 3.00. The van der Waals surface area contributed by atoms with Crippen LogP contribution in [0.1, 0.15) is 29.6 Å². The Morgan fingerprint density at radius 2 is 2.00 bits per heavy atom. The van der Waals surface area contributed by atoms with Gasteiger partial charge in [-0.25, -0.2) is 4.99 Å². The summed E-state index contributed by atoms with van der Waals surface area (Å²) in [6.45, 7) is 1.34. The number of nitrogens with zero attached hydrogens (tertiary/aromatic N) is 3. The lowest BCUT2D eigenvalue weighted by Gasteiger charge is -2.26. The summed E-state index contributed by atoms with van der Waals surface area (Å²) in [5.74, 6) is -0.0687. The minimum atomic E-state index is -0.553. The van der Waals surface area contributed by atoms with Crippen molar-refractivity contribution in [2.45, 2.75) is 19.3 Å². The number of likely N-dealkylation sites (tertiary alicyclic amines) is 1. The van der Waals surface area contributed by atoms with Gasteiger partial charge in [-0.1, -0.05) is 0 Å². The van der Waals surface area contributed by atoms with Crippen LogP contribution in [-0.2, 0) is 0 Å². The summed E-state index contributed by atoms with van der Waals surface area (Å²) in [5.41, 5.74) is 5.87. The number of piperidine rings is 1. The van der Waals surface area contributed by atoms with Gasteiger partial charge in [-0.05, 0) is 25.3 Å². The van der Waals surface area contributed by atoms with Crippen LogP contribution in [0.15, 0.2) is 23.2 Å². The molecule has 1 amide bonds. The Labute approximate surface area is 132 Å². The molecule has 8 heteroatoms. The highest BCUT2D eigenvalue weighted by molar-refractivity contribution is 6.28. The molecule has 0 bridgehead atoms. The first-order valence-corrected chi connectivity index (χ1v) is 7.52. The van der Waals surface area contributed by atoms with Crippen LogP contribution in [0.3, 0.4) is 0 Å². The summed E-state index contributed by atoms with van der Waals surface area (Å²) in [7, 11) is 0. The van der Waals surface area contributed by atoms with Gasteiger partial charge in [0.1, 0.15) is 5.84 Å². The van der Waals surface area contributed by atoms with Crippen LogP contribution < -0.4 is 5.73 Å². The zero-order valence-corrected chi connectivity index (χ0v) is 12.8. The number of alkyl halides is 1. The minimum absolute atomic E-state index is 0.0120. The zero-order chi connectivity index (χ0) is 16.1. The molecule has 1 heterocycles. The standard InChI is InChI=1S/C14H17ClN4O3/c15-9-13(16)17-11-6-10(7-12(8-11)19(21)22)14(20)18-4-2-1-3-5-18/h6-8H,1-5,9H2,(H2,16,17). The molecule has 1 aliphatic heterocycles. The maximum atomic E-state index is 12.5. The molecule has 118 valence electrons. The van der Waals surface area contributed by atoms with Crippen molar-refractivity contribution in [1.29, 1.82) is 0 Å². The Morgan fingerprint density at radius 1 is 1.32 bits per heavy atom. The van der Waals surface area contributed by atoms with E-state index in [0.717, 1.165) is 19.3 Å². The number of carbonyl (C=O) groups is 1. The molecule has 2 N–H and O–H groups in total. The van der Waals surface area contributed by atoms with Gasteiger partial charge >= 0.3 is 0 Å². The molecule has 0 saturated carbocycles. The maximum Gasteiger partial charge on any atom is 0.272 e. The predicted octanol–water partition coefficient (Wildman–Crippen LogP) is 2.45. The quantitative estimate of drug-likeness (QED) is 0.302. The molecule has 0 spiro atoms. The fraction of sp³-hybridized carbons (Fsp3) is 0.429. The number of benzene rings is 1. The Balaban J connectivity index is 2.36. The molecule has 1 aromatic carbocycles. The molecular formula is C14H17ClN4O3. The molecule has 7 nitrogen and oxygen atoms in total. The van der Waals surface area contributed by atoms with Crippen LogP contribution in [0.25, 0.3) is 0 Å². The minimum Gasteiger partial charge on any atom is -0.386 e. The van der Waals surface area contributed by atoms with Gasteiger partial charge in [0.15, 0.2) is 0 Å². The second-order valence-corrected chi connectivity index (χ2v) is 5.35. The first-order valence-electron chi connectivity index (χ1n) is 6.99. The molecule has 1 fully saturated rings. The van der Waals surface area contributed by atoms with E-state index in [1.807, 2.05) is 0 Å². The van der Waals surface area contributed by atoms with E-state index in [1.165, 1.54) is 18.2 Å². The molecule has 0 aromatic heterocycles. The Kier molecular flexibility index (Phi) is 5.32. The van der Waals surface area contributed by atoms with Gasteiger partial charge in [-0.15, -0.1) is 11.6 Å². The SMILES string of the molecule is NC(CCl)=Nc1cc(C(=O)N2CCCCC2)cc([N+](=O)[O-])c1. The molecule has 1 saturated heterocycles. The summed E-state index contributed by atoms with van der Waals surface area (Å²) >= 11 is 5.56. The molecule has 1 aromatic rings. The molecule has 2 rings (SSSR count). The fourth-order valence-electron chi connectivity index (χ4n) is 2.36. The van der Waals surface area contributed by atoms with Gasteiger partial charge in [-0.3, -0.25) is 14.9 Å². The van der Waals surface area contributed by atoms with Crippen molar-refractivity contribution in [1.82, 2.24) is 4.90 Å². The molecule has 1 aliphatic rings. The largest absolute Gasteiger partial charge is 0.386 e. The van der Waals surface area contributed by atoms with Gasteiger partial charge in [0.05, 0.1) is 16.5 Å². The number of hydrogen-bond acceptors (Lipinski definition) is 4. The number of non-ortho nitro benzene ring substituents is 1. The Bertz CT molecular complexity index is 612. The lowest BCUT2D eigenvalue weighted by molar-refractivity contribution is -0.384. The van der Waals surface area contributed by atoms with Crippen LogP contribution >= 0.6 is 11.6 Å². The smallest absolute Gasteiger partial charge is 0.272 e. The fourth-order valence-corrected chi connectivity index (χ4v) is 2.42. The number of nitro groups is 1. The third kappa shape index (κ3) is 3.94. The highest BCUT2D eigenvalue weighted by atomic mass is 35.5. The Hall–Kier alpha value is -2.15. The first kappa shape index (κ1) is 16.2. The van der Waals surface area contributed by atoms with Crippen LogP contribution in [0.4, 0.5) is 11.4 Å². The number of hydrogen-bond donors (Lipinski definition) is 1. The molecule has 0 radical (unpaired) electrons.